The summed E-state index contributed by atoms with van der Waals surface area (Å²) in [7, 11) is 0. The van der Waals surface area contributed by atoms with Crippen molar-refractivity contribution >= 4 is 16.7 Å². The zero-order valence-electron chi connectivity index (χ0n) is 15.7. The number of aromatic amines is 1. The van der Waals surface area contributed by atoms with Gasteiger partial charge in [0.2, 0.25) is 0 Å². The molecule has 2 aromatic heterocycles. The van der Waals surface area contributed by atoms with Crippen LogP contribution in [0.5, 0.6) is 0 Å². The zero-order valence-corrected chi connectivity index (χ0v) is 15.7. The van der Waals surface area contributed by atoms with Crippen molar-refractivity contribution in [3.8, 4) is 28.6 Å². The summed E-state index contributed by atoms with van der Waals surface area (Å²) in [5.41, 5.74) is 5.16. The molecular formula is C22H18N6O. The molecule has 1 aliphatic heterocycles. The summed E-state index contributed by atoms with van der Waals surface area (Å²) >= 11 is 0. The van der Waals surface area contributed by atoms with Crippen LogP contribution in [-0.4, -0.2) is 46.5 Å². The van der Waals surface area contributed by atoms with E-state index in [2.05, 4.69) is 37.2 Å². The van der Waals surface area contributed by atoms with E-state index in [1.54, 1.807) is 12.4 Å². The van der Waals surface area contributed by atoms with Gasteiger partial charge < -0.3 is 9.64 Å². The molecule has 0 unspecified atom stereocenters. The molecule has 1 N–H and O–H groups in total. The lowest BCUT2D eigenvalue weighted by Gasteiger charge is -2.27. The molecule has 3 heterocycles. The number of ether oxygens (including phenoxy) is 1. The van der Waals surface area contributed by atoms with Crippen molar-refractivity contribution in [1.82, 2.24) is 20.2 Å². The van der Waals surface area contributed by atoms with Gasteiger partial charge in [-0.2, -0.15) is 10.4 Å². The zero-order chi connectivity index (χ0) is 19.6. The van der Waals surface area contributed by atoms with Gasteiger partial charge >= 0.3 is 0 Å². The number of benzene rings is 2. The van der Waals surface area contributed by atoms with Crippen LogP contribution in [0.15, 0.2) is 54.9 Å². The summed E-state index contributed by atoms with van der Waals surface area (Å²) in [6.07, 6.45) is 1.58. The van der Waals surface area contributed by atoms with E-state index in [1.807, 2.05) is 36.4 Å². The predicted molar refractivity (Wildman–Crippen MR) is 110 cm³/mol. The molecule has 0 amide bonds. The predicted octanol–water partition coefficient (Wildman–Crippen LogP) is 3.40. The molecule has 0 aliphatic carbocycles. The van der Waals surface area contributed by atoms with Gasteiger partial charge in [-0.25, -0.2) is 9.97 Å². The number of nitrogens with zero attached hydrogens (tertiary/aromatic N) is 5. The minimum atomic E-state index is 0.640. The van der Waals surface area contributed by atoms with E-state index in [-0.39, 0.29) is 0 Å². The van der Waals surface area contributed by atoms with E-state index in [0.717, 1.165) is 52.3 Å². The third-order valence-corrected chi connectivity index (χ3v) is 5.12. The maximum Gasteiger partial charge on any atom is 0.132 e. The fourth-order valence-corrected chi connectivity index (χ4v) is 3.60. The molecule has 0 saturated carbocycles. The number of fused-ring (bicyclic) bond motifs is 1. The summed E-state index contributed by atoms with van der Waals surface area (Å²) in [5, 5.41) is 17.8. The lowest BCUT2D eigenvalue weighted by Crippen LogP contribution is -2.36. The lowest BCUT2D eigenvalue weighted by atomic mass is 10.0. The molecule has 29 heavy (non-hydrogen) atoms. The minimum absolute atomic E-state index is 0.640. The Morgan fingerprint density at radius 3 is 2.72 bits per heavy atom. The molecule has 1 fully saturated rings. The van der Waals surface area contributed by atoms with Crippen LogP contribution in [0.25, 0.3) is 33.4 Å². The Labute approximate surface area is 167 Å². The molecule has 1 saturated heterocycles. The average Bonchev–Trinajstić information content (AvgIpc) is 3.23. The van der Waals surface area contributed by atoms with Gasteiger partial charge in [-0.05, 0) is 35.4 Å². The highest BCUT2D eigenvalue weighted by molar-refractivity contribution is 5.95. The van der Waals surface area contributed by atoms with Crippen molar-refractivity contribution in [2.75, 3.05) is 31.2 Å². The van der Waals surface area contributed by atoms with Crippen LogP contribution in [0.1, 0.15) is 5.56 Å². The molecule has 1 aliphatic rings. The van der Waals surface area contributed by atoms with Gasteiger partial charge in [0.25, 0.3) is 0 Å². The maximum absolute atomic E-state index is 9.18. The first-order chi connectivity index (χ1) is 14.3. The van der Waals surface area contributed by atoms with Gasteiger partial charge in [0.15, 0.2) is 0 Å². The number of hydrogen-bond acceptors (Lipinski definition) is 6. The maximum atomic E-state index is 9.18. The number of anilines is 1. The van der Waals surface area contributed by atoms with E-state index in [1.165, 1.54) is 0 Å². The highest BCUT2D eigenvalue weighted by Crippen LogP contribution is 2.31. The van der Waals surface area contributed by atoms with E-state index >= 15 is 0 Å². The highest BCUT2D eigenvalue weighted by atomic mass is 16.5. The van der Waals surface area contributed by atoms with Crippen LogP contribution in [0.2, 0.25) is 0 Å². The number of morpholine rings is 1. The summed E-state index contributed by atoms with van der Waals surface area (Å²) in [6.45, 7) is 3.04. The first-order valence-electron chi connectivity index (χ1n) is 9.45. The molecule has 0 spiro atoms. The first kappa shape index (κ1) is 17.3. The van der Waals surface area contributed by atoms with Crippen LogP contribution in [-0.2, 0) is 4.74 Å². The number of rotatable bonds is 3. The third-order valence-electron chi connectivity index (χ3n) is 5.12. The number of nitrogens with one attached hydrogen (secondary N) is 1. The standard InChI is InChI=1S/C22H18N6O/c23-13-15-2-1-3-16(10-15)17-4-5-19-18(11-17)22(27-26-19)20-12-21(25-14-24-20)28-6-8-29-9-7-28/h1-5,10-12,14H,6-9H2,(H,26,27). The highest BCUT2D eigenvalue weighted by Gasteiger charge is 2.16. The van der Waals surface area contributed by atoms with Gasteiger partial charge in [-0.1, -0.05) is 18.2 Å². The van der Waals surface area contributed by atoms with Gasteiger partial charge in [0, 0.05) is 24.5 Å². The molecule has 0 atom stereocenters. The number of H-pyrrole nitrogens is 1. The van der Waals surface area contributed by atoms with Crippen molar-refractivity contribution in [3.05, 3.63) is 60.4 Å². The topological polar surface area (TPSA) is 90.7 Å². The van der Waals surface area contributed by atoms with Crippen molar-refractivity contribution in [2.24, 2.45) is 0 Å². The van der Waals surface area contributed by atoms with E-state index in [9.17, 15) is 5.26 Å². The van der Waals surface area contributed by atoms with E-state index in [4.69, 9.17) is 4.74 Å². The normalized spacial score (nSPS) is 14.1. The Morgan fingerprint density at radius 2 is 1.86 bits per heavy atom. The van der Waals surface area contributed by atoms with E-state index < -0.39 is 0 Å². The second kappa shape index (κ2) is 7.34. The Bertz CT molecular complexity index is 1220. The van der Waals surface area contributed by atoms with Crippen molar-refractivity contribution in [3.63, 3.8) is 0 Å². The summed E-state index contributed by atoms with van der Waals surface area (Å²) in [4.78, 5) is 11.1. The Balaban J connectivity index is 1.56. The number of hydrogen-bond donors (Lipinski definition) is 1. The quantitative estimate of drug-likeness (QED) is 0.584. The van der Waals surface area contributed by atoms with Crippen LogP contribution in [0.4, 0.5) is 5.82 Å². The average molecular weight is 382 g/mol. The van der Waals surface area contributed by atoms with Crippen molar-refractivity contribution < 1.29 is 4.74 Å². The Kier molecular flexibility index (Phi) is 4.39. The molecule has 2 aromatic carbocycles. The second-order valence-electron chi connectivity index (χ2n) is 6.89. The van der Waals surface area contributed by atoms with Gasteiger partial charge in [-0.3, -0.25) is 5.10 Å². The SMILES string of the molecule is N#Cc1cccc(-c2ccc3[nH]nc(-c4cc(N5CCOCC5)ncn4)c3c2)c1. The van der Waals surface area contributed by atoms with Gasteiger partial charge in [0.1, 0.15) is 17.8 Å². The van der Waals surface area contributed by atoms with Crippen LogP contribution >= 0.6 is 0 Å². The summed E-state index contributed by atoms with van der Waals surface area (Å²) < 4.78 is 5.43. The Morgan fingerprint density at radius 1 is 1.00 bits per heavy atom. The monoisotopic (exact) mass is 382 g/mol. The third kappa shape index (κ3) is 3.30. The molecular weight excluding hydrogens is 364 g/mol. The van der Waals surface area contributed by atoms with Crippen molar-refractivity contribution in [2.45, 2.75) is 0 Å². The van der Waals surface area contributed by atoms with E-state index in [0.29, 0.717) is 18.8 Å². The summed E-state index contributed by atoms with van der Waals surface area (Å²) in [6, 6.07) is 17.9. The molecule has 4 aromatic rings. The molecule has 142 valence electrons. The lowest BCUT2D eigenvalue weighted by molar-refractivity contribution is 0.122. The molecule has 7 nitrogen and oxygen atoms in total. The second-order valence-corrected chi connectivity index (χ2v) is 6.89. The molecule has 5 rings (SSSR count). The number of aromatic nitrogens is 4. The van der Waals surface area contributed by atoms with Crippen molar-refractivity contribution in [1.29, 1.82) is 5.26 Å². The summed E-state index contributed by atoms with van der Waals surface area (Å²) in [5.74, 6) is 0.882. The molecule has 0 radical (unpaired) electrons. The largest absolute Gasteiger partial charge is 0.378 e. The fourth-order valence-electron chi connectivity index (χ4n) is 3.60. The fraction of sp³-hybridized carbons (Fsp3) is 0.182. The Hall–Kier alpha value is -3.76. The van der Waals surface area contributed by atoms with Gasteiger partial charge in [-0.15, -0.1) is 0 Å². The van der Waals surface area contributed by atoms with Gasteiger partial charge in [0.05, 0.1) is 36.1 Å². The smallest absolute Gasteiger partial charge is 0.132 e. The molecule has 7 heteroatoms. The number of nitriles is 1. The van der Waals surface area contributed by atoms with Crippen LogP contribution in [0, 0.1) is 11.3 Å². The van der Waals surface area contributed by atoms with Crippen LogP contribution in [0.3, 0.4) is 0 Å². The molecule has 0 bridgehead atoms. The van der Waals surface area contributed by atoms with Crippen LogP contribution < -0.4 is 4.90 Å². The first-order valence-corrected chi connectivity index (χ1v) is 9.45. The minimum Gasteiger partial charge on any atom is -0.378 e.